The van der Waals surface area contributed by atoms with Crippen LogP contribution in [0.15, 0.2) is 0 Å². The lowest BCUT2D eigenvalue weighted by Crippen LogP contribution is -2.26. The first-order valence-corrected chi connectivity index (χ1v) is 7.26. The van der Waals surface area contributed by atoms with Crippen molar-refractivity contribution in [2.45, 2.75) is 39.0 Å². The fourth-order valence-corrected chi connectivity index (χ4v) is 3.08. The maximum absolute atomic E-state index is 5.40. The van der Waals surface area contributed by atoms with E-state index in [1.165, 1.54) is 55.3 Å². The van der Waals surface area contributed by atoms with Crippen molar-refractivity contribution in [3.63, 3.8) is 0 Å². The number of likely N-dealkylation sites (tertiary alicyclic amines) is 1. The van der Waals surface area contributed by atoms with Crippen LogP contribution in [0.4, 0.5) is 0 Å². The predicted octanol–water partition coefficient (Wildman–Crippen LogP) is 3.33. The van der Waals surface area contributed by atoms with E-state index in [4.69, 9.17) is 12.2 Å². The average molecular weight is 231 g/mol. The largest absolute Gasteiger partial charge is 0.366 e. The summed E-state index contributed by atoms with van der Waals surface area (Å²) in [6, 6.07) is 0. The van der Waals surface area contributed by atoms with Crippen LogP contribution in [0.1, 0.15) is 39.0 Å². The number of rotatable bonds is 6. The lowest BCUT2D eigenvalue weighted by Gasteiger charge is -2.17. The summed E-state index contributed by atoms with van der Waals surface area (Å²) in [5, 5.41) is 0. The van der Waals surface area contributed by atoms with Crippen molar-refractivity contribution in [2.75, 3.05) is 24.6 Å². The van der Waals surface area contributed by atoms with Gasteiger partial charge in [0.25, 0.3) is 0 Å². The lowest BCUT2D eigenvalue weighted by molar-refractivity contribution is 0.520. The van der Waals surface area contributed by atoms with Gasteiger partial charge in [0, 0.05) is 19.5 Å². The van der Waals surface area contributed by atoms with Crippen molar-refractivity contribution in [1.82, 2.24) is 4.90 Å². The van der Waals surface area contributed by atoms with Crippen LogP contribution >= 0.6 is 24.0 Å². The van der Waals surface area contributed by atoms with Crippen molar-refractivity contribution >= 4 is 29.0 Å². The molecule has 0 aliphatic carbocycles. The maximum atomic E-state index is 5.40. The highest BCUT2D eigenvalue weighted by molar-refractivity contribution is 7.99. The van der Waals surface area contributed by atoms with E-state index in [1.807, 2.05) is 0 Å². The molecular formula is C11H21NS2. The summed E-state index contributed by atoms with van der Waals surface area (Å²) in [6.07, 6.45) is 6.45. The van der Waals surface area contributed by atoms with Gasteiger partial charge >= 0.3 is 0 Å². The number of thiocarbonyl (C=S) groups is 1. The zero-order chi connectivity index (χ0) is 10.2. The minimum absolute atomic E-state index is 1.11. The highest BCUT2D eigenvalue weighted by Crippen LogP contribution is 2.13. The van der Waals surface area contributed by atoms with Gasteiger partial charge in [-0.3, -0.25) is 0 Å². The first-order chi connectivity index (χ1) is 6.84. The van der Waals surface area contributed by atoms with Gasteiger partial charge in [0.2, 0.25) is 0 Å². The molecule has 1 nitrogen and oxygen atoms in total. The molecule has 0 saturated carbocycles. The topological polar surface area (TPSA) is 3.24 Å². The van der Waals surface area contributed by atoms with E-state index >= 15 is 0 Å². The SMILES string of the molecule is CCCCSCCC(=S)N1CCCC1. The molecule has 1 aliphatic heterocycles. The molecule has 1 fully saturated rings. The van der Waals surface area contributed by atoms with Gasteiger partial charge in [0.1, 0.15) is 0 Å². The molecule has 0 N–H and O–H groups in total. The molecule has 14 heavy (non-hydrogen) atoms. The highest BCUT2D eigenvalue weighted by Gasteiger charge is 2.13. The van der Waals surface area contributed by atoms with E-state index in [9.17, 15) is 0 Å². The highest BCUT2D eigenvalue weighted by atomic mass is 32.2. The summed E-state index contributed by atoms with van der Waals surface area (Å²) in [6.45, 7) is 4.66. The van der Waals surface area contributed by atoms with E-state index in [0.29, 0.717) is 0 Å². The molecule has 0 aromatic carbocycles. The molecule has 1 heterocycles. The van der Waals surface area contributed by atoms with E-state index < -0.39 is 0 Å². The molecule has 1 rings (SSSR count). The Bertz CT molecular complexity index is 165. The molecule has 1 aliphatic rings. The fourth-order valence-electron chi connectivity index (χ4n) is 1.63. The monoisotopic (exact) mass is 231 g/mol. The Labute approximate surface area is 97.6 Å². The number of hydrogen-bond donors (Lipinski definition) is 0. The van der Waals surface area contributed by atoms with Gasteiger partial charge in [0.05, 0.1) is 4.99 Å². The Morgan fingerprint density at radius 1 is 1.29 bits per heavy atom. The summed E-state index contributed by atoms with van der Waals surface area (Å²) in [7, 11) is 0. The summed E-state index contributed by atoms with van der Waals surface area (Å²) in [5.41, 5.74) is 0. The van der Waals surface area contributed by atoms with Crippen LogP contribution in [0, 0.1) is 0 Å². The summed E-state index contributed by atoms with van der Waals surface area (Å²) < 4.78 is 0. The predicted molar refractivity (Wildman–Crippen MR) is 70.3 cm³/mol. The molecule has 0 atom stereocenters. The molecule has 0 radical (unpaired) electrons. The van der Waals surface area contributed by atoms with Crippen LogP contribution in [-0.2, 0) is 0 Å². The Morgan fingerprint density at radius 3 is 2.64 bits per heavy atom. The quantitative estimate of drug-likeness (QED) is 0.510. The van der Waals surface area contributed by atoms with Crippen molar-refractivity contribution < 1.29 is 0 Å². The van der Waals surface area contributed by atoms with Gasteiger partial charge in [-0.2, -0.15) is 11.8 Å². The second kappa shape index (κ2) is 7.52. The summed E-state index contributed by atoms with van der Waals surface area (Å²) in [5.74, 6) is 2.52. The molecule has 1 saturated heterocycles. The van der Waals surface area contributed by atoms with Crippen LogP contribution in [-0.4, -0.2) is 34.5 Å². The van der Waals surface area contributed by atoms with Gasteiger partial charge in [-0.25, -0.2) is 0 Å². The third kappa shape index (κ3) is 4.65. The molecular weight excluding hydrogens is 210 g/mol. The van der Waals surface area contributed by atoms with Gasteiger partial charge in [-0.15, -0.1) is 0 Å². The third-order valence-corrected chi connectivity index (χ3v) is 4.09. The second-order valence-electron chi connectivity index (χ2n) is 3.80. The lowest BCUT2D eigenvalue weighted by atomic mass is 10.4. The zero-order valence-electron chi connectivity index (χ0n) is 9.13. The number of hydrogen-bond acceptors (Lipinski definition) is 2. The minimum atomic E-state index is 1.11. The maximum Gasteiger partial charge on any atom is 0.0787 e. The van der Waals surface area contributed by atoms with E-state index in [2.05, 4.69) is 23.6 Å². The van der Waals surface area contributed by atoms with Crippen molar-refractivity contribution in [3.8, 4) is 0 Å². The number of thioether (sulfide) groups is 1. The molecule has 82 valence electrons. The standard InChI is InChI=1S/C11H21NS2/c1-2-3-9-14-10-6-11(13)12-7-4-5-8-12/h2-10H2,1H3. The molecule has 0 spiro atoms. The Hall–Kier alpha value is 0.240. The average Bonchev–Trinajstić information content (AvgIpc) is 2.70. The molecule has 0 aromatic heterocycles. The van der Waals surface area contributed by atoms with E-state index in [0.717, 1.165) is 6.42 Å². The smallest absolute Gasteiger partial charge is 0.0787 e. The van der Waals surface area contributed by atoms with Gasteiger partial charge < -0.3 is 4.90 Å². The second-order valence-corrected chi connectivity index (χ2v) is 5.50. The molecule has 0 aromatic rings. The van der Waals surface area contributed by atoms with Gasteiger partial charge in [-0.1, -0.05) is 25.6 Å². The molecule has 0 amide bonds. The normalized spacial score (nSPS) is 16.2. The van der Waals surface area contributed by atoms with E-state index in [-0.39, 0.29) is 0 Å². The van der Waals surface area contributed by atoms with Crippen LogP contribution < -0.4 is 0 Å². The van der Waals surface area contributed by atoms with Crippen LogP contribution in [0.2, 0.25) is 0 Å². The van der Waals surface area contributed by atoms with Crippen molar-refractivity contribution in [3.05, 3.63) is 0 Å². The Kier molecular flexibility index (Phi) is 6.61. The van der Waals surface area contributed by atoms with Crippen LogP contribution in [0.5, 0.6) is 0 Å². The Morgan fingerprint density at radius 2 is 2.00 bits per heavy atom. The number of unbranched alkanes of at least 4 members (excludes halogenated alkanes) is 1. The molecule has 0 bridgehead atoms. The fraction of sp³-hybridized carbons (Fsp3) is 0.909. The first-order valence-electron chi connectivity index (χ1n) is 5.70. The van der Waals surface area contributed by atoms with Gasteiger partial charge in [0.15, 0.2) is 0 Å². The number of nitrogens with zero attached hydrogens (tertiary/aromatic N) is 1. The molecule has 3 heteroatoms. The first kappa shape index (κ1) is 12.3. The molecule has 0 unspecified atom stereocenters. The van der Waals surface area contributed by atoms with Crippen LogP contribution in [0.3, 0.4) is 0 Å². The van der Waals surface area contributed by atoms with E-state index in [1.54, 1.807) is 0 Å². The van der Waals surface area contributed by atoms with Crippen molar-refractivity contribution in [1.29, 1.82) is 0 Å². The minimum Gasteiger partial charge on any atom is -0.366 e. The van der Waals surface area contributed by atoms with Gasteiger partial charge in [-0.05, 0) is 30.8 Å². The summed E-state index contributed by atoms with van der Waals surface area (Å²) in [4.78, 5) is 3.59. The van der Waals surface area contributed by atoms with Crippen molar-refractivity contribution in [2.24, 2.45) is 0 Å². The Balaban J connectivity index is 1.97. The van der Waals surface area contributed by atoms with Crippen LogP contribution in [0.25, 0.3) is 0 Å². The third-order valence-electron chi connectivity index (χ3n) is 2.56. The summed E-state index contributed by atoms with van der Waals surface area (Å²) >= 11 is 7.46. The zero-order valence-corrected chi connectivity index (χ0v) is 10.8.